The average Bonchev–Trinajstić information content (AvgIpc) is 3.07. The molecule has 2 fully saturated rings. The third-order valence-corrected chi connectivity index (χ3v) is 7.90. The summed E-state index contributed by atoms with van der Waals surface area (Å²) in [5, 5.41) is 0. The SMILES string of the molecule is COC1(CCCn2c(C)ccc2C)CCN2CC(C)(c3ccccc3)CCC2C1. The summed E-state index contributed by atoms with van der Waals surface area (Å²) in [4.78, 5) is 2.76. The lowest BCUT2D eigenvalue weighted by Gasteiger charge is -2.52. The summed E-state index contributed by atoms with van der Waals surface area (Å²) in [6, 6.07) is 16.3. The lowest BCUT2D eigenvalue weighted by molar-refractivity contribution is -0.0968. The summed E-state index contributed by atoms with van der Waals surface area (Å²) >= 11 is 0. The number of aromatic nitrogens is 1. The Morgan fingerprint density at radius 3 is 2.45 bits per heavy atom. The van der Waals surface area contributed by atoms with E-state index in [1.54, 1.807) is 0 Å². The first kappa shape index (κ1) is 20.7. The van der Waals surface area contributed by atoms with Gasteiger partial charge in [-0.05, 0) is 70.1 Å². The summed E-state index contributed by atoms with van der Waals surface area (Å²) in [5.41, 5.74) is 4.59. The Kier molecular flexibility index (Phi) is 5.90. The molecule has 0 spiro atoms. The van der Waals surface area contributed by atoms with Crippen molar-refractivity contribution in [2.75, 3.05) is 20.2 Å². The third-order valence-electron chi connectivity index (χ3n) is 7.90. The van der Waals surface area contributed by atoms with Crippen molar-refractivity contribution >= 4 is 0 Å². The maximum Gasteiger partial charge on any atom is 0.0706 e. The highest BCUT2D eigenvalue weighted by atomic mass is 16.5. The van der Waals surface area contributed by atoms with Gasteiger partial charge < -0.3 is 9.30 Å². The summed E-state index contributed by atoms with van der Waals surface area (Å²) in [6.07, 6.45) is 7.28. The molecule has 1 aromatic carbocycles. The van der Waals surface area contributed by atoms with E-state index < -0.39 is 0 Å². The molecular weight excluding hydrogens is 356 g/mol. The lowest BCUT2D eigenvalue weighted by Crippen LogP contribution is -2.57. The van der Waals surface area contributed by atoms with Gasteiger partial charge in [-0.1, -0.05) is 37.3 Å². The number of methoxy groups -OCH3 is 1. The monoisotopic (exact) mass is 394 g/mol. The van der Waals surface area contributed by atoms with Crippen LogP contribution in [0.15, 0.2) is 42.5 Å². The molecule has 3 nitrogen and oxygen atoms in total. The highest BCUT2D eigenvalue weighted by Crippen LogP contribution is 2.43. The summed E-state index contributed by atoms with van der Waals surface area (Å²) in [5.74, 6) is 0. The van der Waals surface area contributed by atoms with E-state index in [0.717, 1.165) is 13.0 Å². The van der Waals surface area contributed by atoms with Gasteiger partial charge in [-0.15, -0.1) is 0 Å². The number of piperidine rings is 2. The van der Waals surface area contributed by atoms with E-state index in [2.05, 4.69) is 72.7 Å². The molecule has 2 saturated heterocycles. The smallest absolute Gasteiger partial charge is 0.0706 e. The average molecular weight is 395 g/mol. The number of benzene rings is 1. The lowest BCUT2D eigenvalue weighted by atomic mass is 9.70. The summed E-state index contributed by atoms with van der Waals surface area (Å²) in [7, 11) is 1.94. The van der Waals surface area contributed by atoms with Crippen LogP contribution in [0.2, 0.25) is 0 Å². The van der Waals surface area contributed by atoms with Crippen molar-refractivity contribution in [3.05, 3.63) is 59.4 Å². The first-order valence-electron chi connectivity index (χ1n) is 11.4. The van der Waals surface area contributed by atoms with E-state index >= 15 is 0 Å². The molecule has 3 heterocycles. The van der Waals surface area contributed by atoms with Crippen molar-refractivity contribution in [3.63, 3.8) is 0 Å². The molecule has 3 atom stereocenters. The van der Waals surface area contributed by atoms with Crippen LogP contribution in [0.3, 0.4) is 0 Å². The van der Waals surface area contributed by atoms with Crippen LogP contribution in [0.5, 0.6) is 0 Å². The van der Waals surface area contributed by atoms with Gasteiger partial charge in [0, 0.05) is 49.6 Å². The molecule has 2 aliphatic rings. The molecule has 158 valence electrons. The van der Waals surface area contributed by atoms with Crippen LogP contribution < -0.4 is 0 Å². The first-order chi connectivity index (χ1) is 13.9. The van der Waals surface area contributed by atoms with E-state index in [1.807, 2.05) is 7.11 Å². The second kappa shape index (κ2) is 8.28. The number of fused-ring (bicyclic) bond motifs is 1. The highest BCUT2D eigenvalue weighted by molar-refractivity contribution is 5.26. The maximum atomic E-state index is 6.21. The van der Waals surface area contributed by atoms with Crippen molar-refractivity contribution in [2.24, 2.45) is 0 Å². The van der Waals surface area contributed by atoms with E-state index in [1.165, 1.54) is 62.1 Å². The Labute approximate surface area is 177 Å². The van der Waals surface area contributed by atoms with Crippen molar-refractivity contribution in [1.82, 2.24) is 9.47 Å². The molecule has 4 rings (SSSR count). The molecule has 0 bridgehead atoms. The minimum atomic E-state index is 0.0661. The zero-order valence-electron chi connectivity index (χ0n) is 18.8. The van der Waals surface area contributed by atoms with Gasteiger partial charge in [0.15, 0.2) is 0 Å². The molecule has 0 radical (unpaired) electrons. The van der Waals surface area contributed by atoms with E-state index in [-0.39, 0.29) is 11.0 Å². The molecular formula is C26H38N2O. The first-order valence-corrected chi connectivity index (χ1v) is 11.4. The highest BCUT2D eigenvalue weighted by Gasteiger charge is 2.45. The van der Waals surface area contributed by atoms with Crippen LogP contribution in [0.4, 0.5) is 0 Å². The minimum absolute atomic E-state index is 0.0661. The third kappa shape index (κ3) is 4.18. The van der Waals surface area contributed by atoms with Crippen LogP contribution >= 0.6 is 0 Å². The number of aryl methyl sites for hydroxylation is 2. The van der Waals surface area contributed by atoms with E-state index in [0.29, 0.717) is 6.04 Å². The summed E-state index contributed by atoms with van der Waals surface area (Å²) < 4.78 is 8.66. The zero-order chi connectivity index (χ0) is 20.5. The zero-order valence-corrected chi connectivity index (χ0v) is 18.8. The molecule has 3 heteroatoms. The fourth-order valence-corrected chi connectivity index (χ4v) is 5.90. The normalized spacial score (nSPS) is 30.3. The van der Waals surface area contributed by atoms with Crippen LogP contribution in [0.1, 0.15) is 62.4 Å². The molecule has 2 aliphatic heterocycles. The Balaban J connectivity index is 1.37. The van der Waals surface area contributed by atoms with E-state index in [4.69, 9.17) is 4.74 Å². The molecule has 0 aliphatic carbocycles. The van der Waals surface area contributed by atoms with Crippen LogP contribution in [0, 0.1) is 13.8 Å². The van der Waals surface area contributed by atoms with Gasteiger partial charge in [-0.25, -0.2) is 0 Å². The van der Waals surface area contributed by atoms with Crippen LogP contribution in [-0.4, -0.2) is 41.3 Å². The molecule has 29 heavy (non-hydrogen) atoms. The van der Waals surface area contributed by atoms with Gasteiger partial charge in [0.25, 0.3) is 0 Å². The number of rotatable bonds is 6. The second-order valence-electron chi connectivity index (χ2n) is 9.80. The Bertz CT molecular complexity index is 794. The van der Waals surface area contributed by atoms with Crippen molar-refractivity contribution in [2.45, 2.75) is 82.9 Å². The number of ether oxygens (including phenoxy) is 1. The Morgan fingerprint density at radius 1 is 1.03 bits per heavy atom. The maximum absolute atomic E-state index is 6.21. The topological polar surface area (TPSA) is 17.4 Å². The van der Waals surface area contributed by atoms with Crippen LogP contribution in [0.25, 0.3) is 0 Å². The van der Waals surface area contributed by atoms with Crippen LogP contribution in [-0.2, 0) is 16.7 Å². The molecule has 1 aromatic heterocycles. The second-order valence-corrected chi connectivity index (χ2v) is 9.80. The molecule has 3 unspecified atom stereocenters. The standard InChI is InChI=1S/C26H38N2O/c1-21-11-12-22(2)28(21)17-8-14-26(29-4)16-18-27-20-25(3,15-13-24(27)19-26)23-9-6-5-7-10-23/h5-7,9-12,24H,8,13-20H2,1-4H3. The largest absolute Gasteiger partial charge is 0.378 e. The molecule has 2 aromatic rings. The predicted octanol–water partition coefficient (Wildman–Crippen LogP) is 5.49. The minimum Gasteiger partial charge on any atom is -0.378 e. The fraction of sp³-hybridized carbons (Fsp3) is 0.615. The van der Waals surface area contributed by atoms with Gasteiger partial charge in [-0.3, -0.25) is 4.90 Å². The van der Waals surface area contributed by atoms with Gasteiger partial charge >= 0.3 is 0 Å². The predicted molar refractivity (Wildman–Crippen MR) is 121 cm³/mol. The van der Waals surface area contributed by atoms with Gasteiger partial charge in [0.2, 0.25) is 0 Å². The molecule has 0 amide bonds. The quantitative estimate of drug-likeness (QED) is 0.645. The van der Waals surface area contributed by atoms with Gasteiger partial charge in [0.1, 0.15) is 0 Å². The summed E-state index contributed by atoms with van der Waals surface area (Å²) in [6.45, 7) is 10.3. The van der Waals surface area contributed by atoms with Crippen molar-refractivity contribution < 1.29 is 4.74 Å². The Hall–Kier alpha value is -1.58. The molecule has 0 N–H and O–H groups in total. The number of hydrogen-bond donors (Lipinski definition) is 0. The van der Waals surface area contributed by atoms with Gasteiger partial charge in [0.05, 0.1) is 5.60 Å². The van der Waals surface area contributed by atoms with E-state index in [9.17, 15) is 0 Å². The number of nitrogens with zero attached hydrogens (tertiary/aromatic N) is 2. The fourth-order valence-electron chi connectivity index (χ4n) is 5.90. The number of hydrogen-bond acceptors (Lipinski definition) is 2. The van der Waals surface area contributed by atoms with Gasteiger partial charge in [-0.2, -0.15) is 0 Å². The van der Waals surface area contributed by atoms with Crippen molar-refractivity contribution in [1.29, 1.82) is 0 Å². The van der Waals surface area contributed by atoms with Crippen molar-refractivity contribution in [3.8, 4) is 0 Å². The Morgan fingerprint density at radius 2 is 1.76 bits per heavy atom. The molecule has 0 saturated carbocycles.